The number of alkyl halides is 3. The van der Waals surface area contributed by atoms with Crippen molar-refractivity contribution in [3.8, 4) is 0 Å². The summed E-state index contributed by atoms with van der Waals surface area (Å²) in [6.07, 6.45) is -2.31. The molecule has 2 aromatic rings. The molecule has 1 unspecified atom stereocenters. The lowest BCUT2D eigenvalue weighted by Gasteiger charge is -2.26. The molecule has 0 saturated heterocycles. The molecule has 7 nitrogen and oxygen atoms in total. The number of rotatable bonds is 5. The molecule has 0 saturated carbocycles. The summed E-state index contributed by atoms with van der Waals surface area (Å²) in [5.74, 6) is -3.22. The highest BCUT2D eigenvalue weighted by Crippen LogP contribution is 2.51. The molecule has 0 aliphatic carbocycles. The molecule has 154 valence electrons. The smallest absolute Gasteiger partial charge is 0.365 e. The van der Waals surface area contributed by atoms with Gasteiger partial charge in [-0.05, 0) is 24.8 Å². The Morgan fingerprint density at radius 2 is 2.03 bits per heavy atom. The summed E-state index contributed by atoms with van der Waals surface area (Å²) in [4.78, 5) is 32.2. The minimum atomic E-state index is -5.19. The summed E-state index contributed by atoms with van der Waals surface area (Å²) in [6.45, 7) is 1.81. The van der Waals surface area contributed by atoms with Crippen LogP contribution in [0.3, 0.4) is 0 Å². The predicted octanol–water partition coefficient (Wildman–Crippen LogP) is 3.81. The number of thioether (sulfide) groups is 2. The zero-order chi connectivity index (χ0) is 21.3. The number of hydrogen-bond acceptors (Lipinski definition) is 8. The first-order valence-corrected chi connectivity index (χ1v) is 10.2. The summed E-state index contributed by atoms with van der Waals surface area (Å²) < 4.78 is 37.7. The first-order chi connectivity index (χ1) is 13.6. The zero-order valence-corrected chi connectivity index (χ0v) is 16.7. The summed E-state index contributed by atoms with van der Waals surface area (Å²) in [5, 5.41) is 4.13. The van der Waals surface area contributed by atoms with Crippen LogP contribution in [0.15, 0.2) is 35.5 Å². The van der Waals surface area contributed by atoms with Gasteiger partial charge in [-0.1, -0.05) is 30.0 Å². The summed E-state index contributed by atoms with van der Waals surface area (Å²) in [5.41, 5.74) is 6.95. The minimum Gasteiger partial charge on any atom is -0.365 e. The number of aromatic nitrogens is 1. The average Bonchev–Trinajstić information content (AvgIpc) is 3.00. The van der Waals surface area contributed by atoms with Crippen LogP contribution in [-0.4, -0.2) is 34.0 Å². The number of nitrogens with zero attached hydrogens (tertiary/aromatic N) is 2. The van der Waals surface area contributed by atoms with Gasteiger partial charge in [0.1, 0.15) is 10.7 Å². The lowest BCUT2D eigenvalue weighted by molar-refractivity contribution is -0.200. The number of benzene rings is 1. The van der Waals surface area contributed by atoms with Gasteiger partial charge in [0.05, 0.1) is 11.3 Å². The maximum absolute atomic E-state index is 12.8. The van der Waals surface area contributed by atoms with E-state index >= 15 is 0 Å². The number of fused-ring (bicyclic) bond motifs is 1. The van der Waals surface area contributed by atoms with Gasteiger partial charge in [0.15, 0.2) is 4.71 Å². The van der Waals surface area contributed by atoms with Gasteiger partial charge >= 0.3 is 12.1 Å². The number of aryl methyl sites for hydroxylation is 1. The number of amides is 1. The van der Waals surface area contributed by atoms with Crippen molar-refractivity contribution in [3.63, 3.8) is 0 Å². The Morgan fingerprint density at radius 3 is 2.62 bits per heavy atom. The Kier molecular flexibility index (Phi) is 5.85. The van der Waals surface area contributed by atoms with Crippen LogP contribution in [0.1, 0.15) is 15.9 Å². The van der Waals surface area contributed by atoms with Crippen LogP contribution < -0.4 is 16.1 Å². The molecule has 0 radical (unpaired) electrons. The average molecular weight is 444 g/mol. The van der Waals surface area contributed by atoms with E-state index in [0.29, 0.717) is 10.7 Å². The number of halogens is 3. The standard InChI is InChI=1S/C17H15F3N4O3S2/c1-8-5-3-4-6-10(8)23-11-9(13(21)25)7-22-14-12(11)24(16(28-2)29-14)27-15(26)17(18,19)20/h3-7,16H,1-2H3,(H2,21,25)(H,22,23). The van der Waals surface area contributed by atoms with Crippen molar-refractivity contribution >= 4 is 52.5 Å². The van der Waals surface area contributed by atoms with Gasteiger partial charge in [0.25, 0.3) is 5.91 Å². The molecule has 3 rings (SSSR count). The molecule has 3 N–H and O–H groups in total. The highest BCUT2D eigenvalue weighted by atomic mass is 32.2. The molecule has 29 heavy (non-hydrogen) atoms. The number of hydrogen-bond donors (Lipinski definition) is 2. The molecule has 1 aromatic heterocycles. The van der Waals surface area contributed by atoms with E-state index in [9.17, 15) is 22.8 Å². The second-order valence-electron chi connectivity index (χ2n) is 5.87. The maximum Gasteiger partial charge on any atom is 0.493 e. The van der Waals surface area contributed by atoms with Crippen LogP contribution in [-0.2, 0) is 9.63 Å². The Hall–Kier alpha value is -2.60. The van der Waals surface area contributed by atoms with Crippen LogP contribution in [0.25, 0.3) is 0 Å². The topological polar surface area (TPSA) is 97.5 Å². The molecule has 1 atom stereocenters. The molecule has 1 aliphatic heterocycles. The van der Waals surface area contributed by atoms with Crippen molar-refractivity contribution in [3.05, 3.63) is 41.6 Å². The van der Waals surface area contributed by atoms with Crippen molar-refractivity contribution in [2.45, 2.75) is 22.8 Å². The number of hydroxylamine groups is 1. The number of para-hydroxylation sites is 1. The quantitative estimate of drug-likeness (QED) is 0.719. The fraction of sp³-hybridized carbons (Fsp3) is 0.235. The first kappa shape index (κ1) is 21.1. The monoisotopic (exact) mass is 444 g/mol. The molecule has 0 spiro atoms. The molecular weight excluding hydrogens is 429 g/mol. The Morgan fingerprint density at radius 1 is 1.34 bits per heavy atom. The third-order valence-corrected chi connectivity index (χ3v) is 6.30. The number of anilines is 3. The van der Waals surface area contributed by atoms with E-state index in [1.165, 1.54) is 6.20 Å². The van der Waals surface area contributed by atoms with Crippen LogP contribution in [0.5, 0.6) is 0 Å². The Bertz CT molecular complexity index is 971. The van der Waals surface area contributed by atoms with Gasteiger partial charge in [0.2, 0.25) is 0 Å². The van der Waals surface area contributed by atoms with Crippen molar-refractivity contribution in [2.24, 2.45) is 5.73 Å². The van der Waals surface area contributed by atoms with Crippen molar-refractivity contribution in [1.29, 1.82) is 0 Å². The number of primary amides is 1. The Balaban J connectivity index is 2.13. The summed E-state index contributed by atoms with van der Waals surface area (Å²) in [7, 11) is 0. The SMILES string of the molecule is CSC1Sc2ncc(C(N)=O)c(Nc3ccccc3C)c2N1OC(=O)C(F)(F)F. The van der Waals surface area contributed by atoms with Gasteiger partial charge in [-0.3, -0.25) is 4.79 Å². The first-order valence-electron chi connectivity index (χ1n) is 8.06. The molecule has 1 aliphatic rings. The summed E-state index contributed by atoms with van der Waals surface area (Å²) >= 11 is 2.23. The molecule has 12 heteroatoms. The van der Waals surface area contributed by atoms with E-state index < -0.39 is 22.8 Å². The fourth-order valence-corrected chi connectivity index (χ4v) is 4.41. The highest BCUT2D eigenvalue weighted by molar-refractivity contribution is 8.17. The predicted molar refractivity (Wildman–Crippen MR) is 105 cm³/mol. The van der Waals surface area contributed by atoms with E-state index in [1.54, 1.807) is 18.4 Å². The van der Waals surface area contributed by atoms with Crippen molar-refractivity contribution < 1.29 is 27.6 Å². The third-order valence-electron chi connectivity index (χ3n) is 3.93. The largest absolute Gasteiger partial charge is 0.493 e. The number of pyridine rings is 1. The van der Waals surface area contributed by atoms with Crippen LogP contribution >= 0.6 is 23.5 Å². The third kappa shape index (κ3) is 4.22. The molecule has 2 heterocycles. The highest BCUT2D eigenvalue weighted by Gasteiger charge is 2.46. The van der Waals surface area contributed by atoms with Crippen molar-refractivity contribution in [1.82, 2.24) is 4.98 Å². The van der Waals surface area contributed by atoms with E-state index in [0.717, 1.165) is 34.2 Å². The molecular formula is C17H15F3N4O3S2. The molecule has 1 amide bonds. The van der Waals surface area contributed by atoms with Crippen LogP contribution in [0.2, 0.25) is 0 Å². The van der Waals surface area contributed by atoms with E-state index in [2.05, 4.69) is 15.1 Å². The second kappa shape index (κ2) is 8.03. The van der Waals surface area contributed by atoms with Gasteiger partial charge in [0, 0.05) is 11.9 Å². The number of nitrogens with two attached hydrogens (primary N) is 1. The second-order valence-corrected chi connectivity index (χ2v) is 8.15. The van der Waals surface area contributed by atoms with Gasteiger partial charge in [-0.25, -0.2) is 9.78 Å². The minimum absolute atomic E-state index is 0.0338. The van der Waals surface area contributed by atoms with E-state index in [-0.39, 0.29) is 16.9 Å². The number of carbonyl (C=O) groups is 2. The lowest BCUT2D eigenvalue weighted by atomic mass is 10.1. The fourth-order valence-electron chi connectivity index (χ4n) is 2.56. The Labute approximate surface area is 172 Å². The number of nitrogens with one attached hydrogen (secondary N) is 1. The van der Waals surface area contributed by atoms with E-state index in [4.69, 9.17) is 5.73 Å². The van der Waals surface area contributed by atoms with Crippen LogP contribution in [0.4, 0.5) is 30.2 Å². The van der Waals surface area contributed by atoms with Gasteiger partial charge < -0.3 is 15.9 Å². The van der Waals surface area contributed by atoms with Crippen molar-refractivity contribution in [2.75, 3.05) is 16.6 Å². The van der Waals surface area contributed by atoms with Gasteiger partial charge in [-0.2, -0.15) is 18.2 Å². The lowest BCUT2D eigenvalue weighted by Crippen LogP contribution is -2.37. The molecule has 1 aromatic carbocycles. The van der Waals surface area contributed by atoms with Crippen LogP contribution in [0, 0.1) is 6.92 Å². The summed E-state index contributed by atoms with van der Waals surface area (Å²) in [6, 6.07) is 7.10. The maximum atomic E-state index is 12.8. The van der Waals surface area contributed by atoms with Gasteiger partial charge in [-0.15, -0.1) is 11.8 Å². The molecule has 0 bridgehead atoms. The normalized spacial score (nSPS) is 15.8. The van der Waals surface area contributed by atoms with E-state index in [1.807, 2.05) is 19.1 Å². The molecule has 0 fully saturated rings. The number of carbonyl (C=O) groups excluding carboxylic acids is 2. The zero-order valence-electron chi connectivity index (χ0n) is 15.1.